The molecule has 112 valence electrons. The molecule has 1 aromatic heterocycles. The smallest absolute Gasteiger partial charge is 0.358 e. The summed E-state index contributed by atoms with van der Waals surface area (Å²) in [5, 5.41) is 15.9. The third-order valence-corrected chi connectivity index (χ3v) is 2.67. The molecule has 0 saturated heterocycles. The predicted octanol–water partition coefficient (Wildman–Crippen LogP) is 1.07. The lowest BCUT2D eigenvalue weighted by Crippen LogP contribution is -2.09. The van der Waals surface area contributed by atoms with Crippen molar-refractivity contribution in [3.05, 3.63) is 30.1 Å². The van der Waals surface area contributed by atoms with Gasteiger partial charge in [-0.3, -0.25) is 0 Å². The molecule has 0 saturated carbocycles. The average molecular weight is 293 g/mol. The minimum absolute atomic E-state index is 0.0990. The third kappa shape index (κ3) is 3.85. The summed E-state index contributed by atoms with van der Waals surface area (Å²) < 4.78 is 17.2. The fourth-order valence-electron chi connectivity index (χ4n) is 1.63. The Balaban J connectivity index is 1.94. The van der Waals surface area contributed by atoms with Gasteiger partial charge in [0, 0.05) is 18.2 Å². The summed E-state index contributed by atoms with van der Waals surface area (Å²) in [6, 6.07) is 5.20. The molecule has 0 amide bonds. The summed E-state index contributed by atoms with van der Waals surface area (Å²) >= 11 is 0. The minimum Gasteiger partial charge on any atom is -0.496 e. The van der Waals surface area contributed by atoms with Gasteiger partial charge in [0.2, 0.25) is 0 Å². The third-order valence-electron chi connectivity index (χ3n) is 2.67. The summed E-state index contributed by atoms with van der Waals surface area (Å²) in [5.41, 5.74) is -0.0990. The van der Waals surface area contributed by atoms with Crippen molar-refractivity contribution in [3.63, 3.8) is 0 Å². The summed E-state index contributed by atoms with van der Waals surface area (Å²) in [6.07, 6.45) is 1.35. The van der Waals surface area contributed by atoms with Crippen molar-refractivity contribution in [2.24, 2.45) is 0 Å². The SMILES string of the molecule is COc1cc(OC)cc(OCCn2cc(C(=O)O)nn2)c1. The fraction of sp³-hybridized carbons (Fsp3) is 0.308. The quantitative estimate of drug-likeness (QED) is 0.815. The molecule has 0 aliphatic rings. The van der Waals surface area contributed by atoms with Crippen LogP contribution in [0.1, 0.15) is 10.5 Å². The van der Waals surface area contributed by atoms with Crippen molar-refractivity contribution in [1.29, 1.82) is 0 Å². The Hall–Kier alpha value is -2.77. The van der Waals surface area contributed by atoms with Crippen molar-refractivity contribution in [2.75, 3.05) is 20.8 Å². The highest BCUT2D eigenvalue weighted by Gasteiger charge is 2.08. The molecule has 21 heavy (non-hydrogen) atoms. The average Bonchev–Trinajstić information content (AvgIpc) is 2.96. The van der Waals surface area contributed by atoms with E-state index < -0.39 is 5.97 Å². The van der Waals surface area contributed by atoms with Crippen LogP contribution in [0.2, 0.25) is 0 Å². The highest BCUT2D eigenvalue weighted by atomic mass is 16.5. The van der Waals surface area contributed by atoms with Crippen LogP contribution >= 0.6 is 0 Å². The lowest BCUT2D eigenvalue weighted by atomic mass is 10.3. The standard InChI is InChI=1S/C13H15N3O5/c1-19-9-5-10(20-2)7-11(6-9)21-4-3-16-8-12(13(17)18)14-15-16/h5-8H,3-4H2,1-2H3,(H,17,18). The zero-order valence-corrected chi connectivity index (χ0v) is 11.6. The molecule has 0 fully saturated rings. The lowest BCUT2D eigenvalue weighted by molar-refractivity contribution is 0.0690. The molecule has 0 atom stereocenters. The molecule has 0 spiro atoms. The molecule has 8 heteroatoms. The molecule has 1 heterocycles. The van der Waals surface area contributed by atoms with Gasteiger partial charge in [0.05, 0.1) is 27.0 Å². The van der Waals surface area contributed by atoms with E-state index in [9.17, 15) is 4.79 Å². The van der Waals surface area contributed by atoms with Crippen LogP contribution in [0.5, 0.6) is 17.2 Å². The van der Waals surface area contributed by atoms with Gasteiger partial charge < -0.3 is 19.3 Å². The molecule has 0 aliphatic heterocycles. The van der Waals surface area contributed by atoms with Crippen molar-refractivity contribution < 1.29 is 24.1 Å². The second-order valence-electron chi connectivity index (χ2n) is 4.07. The van der Waals surface area contributed by atoms with Gasteiger partial charge >= 0.3 is 5.97 Å². The van der Waals surface area contributed by atoms with Crippen molar-refractivity contribution in [3.8, 4) is 17.2 Å². The maximum Gasteiger partial charge on any atom is 0.358 e. The van der Waals surface area contributed by atoms with E-state index in [4.69, 9.17) is 19.3 Å². The van der Waals surface area contributed by atoms with Crippen LogP contribution in [0.3, 0.4) is 0 Å². The maximum absolute atomic E-state index is 10.7. The highest BCUT2D eigenvalue weighted by Crippen LogP contribution is 2.27. The van der Waals surface area contributed by atoms with Gasteiger partial charge in [0.1, 0.15) is 23.9 Å². The Morgan fingerprint density at radius 3 is 2.33 bits per heavy atom. The van der Waals surface area contributed by atoms with Crippen molar-refractivity contribution in [1.82, 2.24) is 15.0 Å². The number of ether oxygens (including phenoxy) is 3. The maximum atomic E-state index is 10.7. The van der Waals surface area contributed by atoms with E-state index >= 15 is 0 Å². The number of carboxylic acids is 1. The number of benzene rings is 1. The normalized spacial score (nSPS) is 10.2. The Bertz CT molecular complexity index is 604. The monoisotopic (exact) mass is 293 g/mol. The van der Waals surface area contributed by atoms with Crippen LogP contribution in [0.4, 0.5) is 0 Å². The summed E-state index contributed by atoms with van der Waals surface area (Å²) in [6.45, 7) is 0.679. The van der Waals surface area contributed by atoms with Gasteiger partial charge in [0.25, 0.3) is 0 Å². The number of hydrogen-bond acceptors (Lipinski definition) is 6. The van der Waals surface area contributed by atoms with Gasteiger partial charge in [-0.05, 0) is 0 Å². The Morgan fingerprint density at radius 1 is 1.19 bits per heavy atom. The van der Waals surface area contributed by atoms with E-state index in [-0.39, 0.29) is 5.69 Å². The second-order valence-corrected chi connectivity index (χ2v) is 4.07. The van der Waals surface area contributed by atoms with E-state index in [1.165, 1.54) is 10.9 Å². The fourth-order valence-corrected chi connectivity index (χ4v) is 1.63. The molecule has 1 N–H and O–H groups in total. The predicted molar refractivity (Wildman–Crippen MR) is 72.0 cm³/mol. The van der Waals surface area contributed by atoms with E-state index in [0.717, 1.165) is 0 Å². The first kappa shape index (κ1) is 14.6. The van der Waals surface area contributed by atoms with E-state index in [0.29, 0.717) is 30.4 Å². The number of aromatic carboxylic acids is 1. The second kappa shape index (κ2) is 6.60. The number of methoxy groups -OCH3 is 2. The van der Waals surface area contributed by atoms with Crippen molar-refractivity contribution in [2.45, 2.75) is 6.54 Å². The largest absolute Gasteiger partial charge is 0.496 e. The van der Waals surface area contributed by atoms with Crippen LogP contribution in [0.25, 0.3) is 0 Å². The summed E-state index contributed by atoms with van der Waals surface area (Å²) in [7, 11) is 3.11. The Labute approximate surface area is 120 Å². The Morgan fingerprint density at radius 2 is 1.81 bits per heavy atom. The molecule has 0 unspecified atom stereocenters. The van der Waals surface area contributed by atoms with Crippen LogP contribution in [0, 0.1) is 0 Å². The molecular formula is C13H15N3O5. The molecule has 0 bridgehead atoms. The first-order valence-electron chi connectivity index (χ1n) is 6.11. The van der Waals surface area contributed by atoms with Gasteiger partial charge in [-0.1, -0.05) is 5.21 Å². The molecule has 0 aliphatic carbocycles. The number of rotatable bonds is 7. The van der Waals surface area contributed by atoms with Gasteiger partial charge in [-0.15, -0.1) is 5.10 Å². The van der Waals surface area contributed by atoms with Gasteiger partial charge in [0.15, 0.2) is 5.69 Å². The first-order chi connectivity index (χ1) is 10.1. The van der Waals surface area contributed by atoms with Crippen molar-refractivity contribution >= 4 is 5.97 Å². The molecule has 1 aromatic carbocycles. The molecule has 2 aromatic rings. The van der Waals surface area contributed by atoms with Crippen LogP contribution in [-0.2, 0) is 6.54 Å². The van der Waals surface area contributed by atoms with E-state index in [1.807, 2.05) is 0 Å². The van der Waals surface area contributed by atoms with Crippen LogP contribution in [-0.4, -0.2) is 46.9 Å². The van der Waals surface area contributed by atoms with Crippen LogP contribution in [0.15, 0.2) is 24.4 Å². The van der Waals surface area contributed by atoms with E-state index in [2.05, 4.69) is 10.3 Å². The first-order valence-corrected chi connectivity index (χ1v) is 6.11. The zero-order valence-electron chi connectivity index (χ0n) is 11.6. The number of nitrogens with zero attached hydrogens (tertiary/aromatic N) is 3. The number of carboxylic acid groups (broad SMARTS) is 1. The Kier molecular flexibility index (Phi) is 4.60. The zero-order chi connectivity index (χ0) is 15.2. The summed E-state index contributed by atoms with van der Waals surface area (Å²) in [4.78, 5) is 10.7. The minimum atomic E-state index is -1.11. The highest BCUT2D eigenvalue weighted by molar-refractivity contribution is 5.84. The van der Waals surface area contributed by atoms with Crippen LogP contribution < -0.4 is 14.2 Å². The molecule has 0 radical (unpaired) electrons. The molecule has 2 rings (SSSR count). The number of carbonyl (C=O) groups is 1. The summed E-state index contributed by atoms with van der Waals surface area (Å²) in [5.74, 6) is 0.723. The lowest BCUT2D eigenvalue weighted by Gasteiger charge is -2.10. The number of hydrogen-bond donors (Lipinski definition) is 1. The molecule has 8 nitrogen and oxygen atoms in total. The van der Waals surface area contributed by atoms with E-state index in [1.54, 1.807) is 32.4 Å². The molecular weight excluding hydrogens is 278 g/mol. The number of aromatic nitrogens is 3. The topological polar surface area (TPSA) is 95.7 Å². The van der Waals surface area contributed by atoms with Gasteiger partial charge in [-0.2, -0.15) is 0 Å². The van der Waals surface area contributed by atoms with Gasteiger partial charge in [-0.25, -0.2) is 9.48 Å².